The Balaban J connectivity index is 2.98. The lowest BCUT2D eigenvalue weighted by Crippen LogP contribution is -2.26. The van der Waals surface area contributed by atoms with Crippen LogP contribution in [-0.2, 0) is 0 Å². The van der Waals surface area contributed by atoms with Gasteiger partial charge in [0.05, 0.1) is 6.54 Å². The second-order valence-corrected chi connectivity index (χ2v) is 4.73. The van der Waals surface area contributed by atoms with Crippen molar-refractivity contribution in [3.63, 3.8) is 0 Å². The number of thiazole rings is 1. The van der Waals surface area contributed by atoms with Gasteiger partial charge in [0.15, 0.2) is 5.13 Å². The molecule has 0 spiro atoms. The van der Waals surface area contributed by atoms with Gasteiger partial charge >= 0.3 is 0 Å². The van der Waals surface area contributed by atoms with Crippen LogP contribution >= 0.6 is 11.3 Å². The summed E-state index contributed by atoms with van der Waals surface area (Å²) in [6.45, 7) is 5.99. The number of anilines is 2. The maximum atomic E-state index is 12.1. The maximum absolute atomic E-state index is 12.1. The molecule has 0 unspecified atom stereocenters. The number of rotatable bonds is 5. The summed E-state index contributed by atoms with van der Waals surface area (Å²) in [7, 11) is 1.65. The maximum Gasteiger partial charge on any atom is 0.268 e. The predicted octanol–water partition coefficient (Wildman–Crippen LogP) is 1.28. The van der Waals surface area contributed by atoms with Crippen LogP contribution in [0.25, 0.3) is 0 Å². The van der Waals surface area contributed by atoms with Gasteiger partial charge < -0.3 is 15.5 Å². The van der Waals surface area contributed by atoms with E-state index < -0.39 is 0 Å². The highest BCUT2D eigenvalue weighted by molar-refractivity contribution is 7.18. The third kappa shape index (κ3) is 2.93. The van der Waals surface area contributed by atoms with Crippen LogP contribution < -0.4 is 10.6 Å². The molecule has 18 heavy (non-hydrogen) atoms. The minimum atomic E-state index is -0.179. The number of carbonyl (C=O) groups is 1. The Bertz CT molecular complexity index is 459. The van der Waals surface area contributed by atoms with E-state index in [0.29, 0.717) is 4.88 Å². The number of nitrogen functional groups attached to an aromatic ring is 1. The average molecular weight is 266 g/mol. The third-order valence-electron chi connectivity index (χ3n) is 2.55. The Kier molecular flexibility index (Phi) is 4.98. The number of hydrogen-bond donors (Lipinski definition) is 1. The summed E-state index contributed by atoms with van der Waals surface area (Å²) in [4.78, 5) is 20.3. The van der Waals surface area contributed by atoms with Crippen LogP contribution in [0, 0.1) is 12.3 Å². The molecule has 98 valence electrons. The molecule has 0 radical (unpaired) electrons. The number of aromatic nitrogens is 1. The summed E-state index contributed by atoms with van der Waals surface area (Å²) in [6.07, 6.45) is 5.18. The first-order valence-electron chi connectivity index (χ1n) is 5.75. The fourth-order valence-corrected chi connectivity index (χ4v) is 2.59. The predicted molar refractivity (Wildman–Crippen MR) is 75.9 cm³/mol. The highest BCUT2D eigenvalue weighted by atomic mass is 32.1. The molecule has 0 fully saturated rings. The van der Waals surface area contributed by atoms with Crippen LogP contribution in [0.1, 0.15) is 23.5 Å². The zero-order chi connectivity index (χ0) is 13.7. The highest BCUT2D eigenvalue weighted by Crippen LogP contribution is 2.28. The summed E-state index contributed by atoms with van der Waals surface area (Å²) < 4.78 is 0. The molecule has 0 saturated carbocycles. The quantitative estimate of drug-likeness (QED) is 0.815. The Hall–Kier alpha value is -1.74. The number of amides is 1. The molecule has 0 aromatic carbocycles. The summed E-state index contributed by atoms with van der Waals surface area (Å²) >= 11 is 1.31. The van der Waals surface area contributed by atoms with Gasteiger partial charge in [0.25, 0.3) is 5.91 Å². The van der Waals surface area contributed by atoms with Crippen molar-refractivity contribution in [2.75, 3.05) is 37.3 Å². The van der Waals surface area contributed by atoms with E-state index in [1.54, 1.807) is 7.05 Å². The van der Waals surface area contributed by atoms with Crippen molar-refractivity contribution in [2.24, 2.45) is 0 Å². The molecule has 0 atom stereocenters. The lowest BCUT2D eigenvalue weighted by Gasteiger charge is -2.16. The van der Waals surface area contributed by atoms with Crippen molar-refractivity contribution in [1.82, 2.24) is 9.88 Å². The number of nitrogens with zero attached hydrogens (tertiary/aromatic N) is 3. The summed E-state index contributed by atoms with van der Waals surface area (Å²) in [6, 6.07) is 0. The molecule has 1 aromatic rings. The lowest BCUT2D eigenvalue weighted by molar-refractivity contribution is 0.0818. The van der Waals surface area contributed by atoms with E-state index in [0.717, 1.165) is 18.2 Å². The highest BCUT2D eigenvalue weighted by Gasteiger charge is 2.20. The van der Waals surface area contributed by atoms with Gasteiger partial charge in [-0.1, -0.05) is 17.3 Å². The van der Waals surface area contributed by atoms with Gasteiger partial charge in [-0.15, -0.1) is 6.42 Å². The lowest BCUT2D eigenvalue weighted by atomic mass is 10.4. The Morgan fingerprint density at radius 2 is 2.11 bits per heavy atom. The van der Waals surface area contributed by atoms with Crippen molar-refractivity contribution in [3.8, 4) is 12.3 Å². The van der Waals surface area contributed by atoms with Crippen molar-refractivity contribution in [1.29, 1.82) is 0 Å². The third-order valence-corrected chi connectivity index (χ3v) is 3.67. The van der Waals surface area contributed by atoms with E-state index >= 15 is 0 Å². The van der Waals surface area contributed by atoms with Crippen molar-refractivity contribution in [2.45, 2.75) is 13.8 Å². The Morgan fingerprint density at radius 3 is 2.61 bits per heavy atom. The van der Waals surface area contributed by atoms with E-state index in [1.807, 2.05) is 13.8 Å². The minimum absolute atomic E-state index is 0.179. The van der Waals surface area contributed by atoms with Gasteiger partial charge in [-0.25, -0.2) is 4.98 Å². The van der Waals surface area contributed by atoms with E-state index in [1.165, 1.54) is 16.2 Å². The molecule has 0 saturated heterocycles. The van der Waals surface area contributed by atoms with Gasteiger partial charge in [-0.3, -0.25) is 4.79 Å². The molecular formula is C12H18N4OS. The van der Waals surface area contributed by atoms with Gasteiger partial charge in [0, 0.05) is 20.1 Å². The van der Waals surface area contributed by atoms with Gasteiger partial charge in [0.1, 0.15) is 10.7 Å². The largest absolute Gasteiger partial charge is 0.382 e. The molecule has 1 rings (SSSR count). The fraction of sp³-hybridized carbons (Fsp3) is 0.500. The van der Waals surface area contributed by atoms with Crippen LogP contribution in [0.5, 0.6) is 0 Å². The van der Waals surface area contributed by atoms with Crippen LogP contribution in [0.15, 0.2) is 0 Å². The summed E-state index contributed by atoms with van der Waals surface area (Å²) in [5.41, 5.74) is 5.80. The molecule has 0 aliphatic heterocycles. The smallest absolute Gasteiger partial charge is 0.268 e. The molecule has 2 N–H and O–H groups in total. The topological polar surface area (TPSA) is 62.5 Å². The van der Waals surface area contributed by atoms with Crippen molar-refractivity contribution < 1.29 is 4.79 Å². The first-order valence-corrected chi connectivity index (χ1v) is 6.56. The van der Waals surface area contributed by atoms with Gasteiger partial charge in [-0.2, -0.15) is 0 Å². The molecule has 0 aliphatic carbocycles. The minimum Gasteiger partial charge on any atom is -0.382 e. The van der Waals surface area contributed by atoms with Crippen molar-refractivity contribution in [3.05, 3.63) is 4.88 Å². The Morgan fingerprint density at radius 1 is 1.50 bits per heavy atom. The second-order valence-electron chi connectivity index (χ2n) is 3.75. The van der Waals surface area contributed by atoms with E-state index in [9.17, 15) is 4.79 Å². The number of terminal acetylenes is 1. The zero-order valence-electron chi connectivity index (χ0n) is 10.9. The monoisotopic (exact) mass is 266 g/mol. The van der Waals surface area contributed by atoms with Gasteiger partial charge in [-0.05, 0) is 13.8 Å². The number of nitrogens with two attached hydrogens (primary N) is 1. The Labute approximate surface area is 112 Å². The molecule has 0 bridgehead atoms. The fourth-order valence-electron chi connectivity index (χ4n) is 1.48. The summed E-state index contributed by atoms with van der Waals surface area (Å²) in [5.74, 6) is 2.52. The van der Waals surface area contributed by atoms with E-state index in [4.69, 9.17) is 12.2 Å². The molecule has 5 nitrogen and oxygen atoms in total. The van der Waals surface area contributed by atoms with E-state index in [2.05, 4.69) is 15.8 Å². The first kappa shape index (κ1) is 14.3. The zero-order valence-corrected chi connectivity index (χ0v) is 11.8. The van der Waals surface area contributed by atoms with Crippen LogP contribution in [0.4, 0.5) is 10.9 Å². The van der Waals surface area contributed by atoms with E-state index in [-0.39, 0.29) is 18.3 Å². The van der Waals surface area contributed by atoms with Crippen LogP contribution in [-0.4, -0.2) is 42.5 Å². The molecule has 1 amide bonds. The molecule has 0 aliphatic rings. The summed E-state index contributed by atoms with van der Waals surface area (Å²) in [5, 5.41) is 0.773. The van der Waals surface area contributed by atoms with Gasteiger partial charge in [0.2, 0.25) is 0 Å². The number of hydrogen-bond acceptors (Lipinski definition) is 5. The van der Waals surface area contributed by atoms with Crippen LogP contribution in [0.3, 0.4) is 0 Å². The van der Waals surface area contributed by atoms with Crippen molar-refractivity contribution >= 4 is 28.2 Å². The molecule has 6 heteroatoms. The normalized spacial score (nSPS) is 9.89. The second kappa shape index (κ2) is 6.26. The molecule has 1 heterocycles. The molecule has 1 aromatic heterocycles. The van der Waals surface area contributed by atoms with Crippen LogP contribution in [0.2, 0.25) is 0 Å². The number of carbonyl (C=O) groups excluding carboxylic acids is 1. The standard InChI is InChI=1S/C12H18N4OS/c1-5-8-15(4)11(17)9-10(13)14-12(18-9)16(6-2)7-3/h1H,6-8,13H2,2-4H3. The first-order chi connectivity index (χ1) is 8.54. The molecular weight excluding hydrogens is 248 g/mol. The average Bonchev–Trinajstić information content (AvgIpc) is 2.72. The SMILES string of the molecule is C#CCN(C)C(=O)c1sc(N(CC)CC)nc1N.